The molecule has 5 atom stereocenters. The van der Waals surface area contributed by atoms with Gasteiger partial charge in [-0.05, 0) is 64.1 Å². The van der Waals surface area contributed by atoms with E-state index in [2.05, 4.69) is 36.0 Å². The number of aliphatic hydroxyl groups is 1. The number of nitrogens with zero attached hydrogens (tertiary/aromatic N) is 3. The number of likely N-dealkylation sites (tertiary alicyclic amines) is 1. The molecule has 0 aromatic rings. The minimum atomic E-state index is -0.899. The third-order valence-electron chi connectivity index (χ3n) is 8.66. The first-order valence-electron chi connectivity index (χ1n) is 16.0. The third kappa shape index (κ3) is 10.2. The van der Waals surface area contributed by atoms with Crippen molar-refractivity contribution in [1.29, 1.82) is 0 Å². The SMILES string of the molecule is CCCCCCN(C(=O)[C@@H](NC(=O)[C@H]1CCCCN1C)[C@@H](C)CC)[C@H](C[C@@H](O)C1=NC(C(=O)OCC)=CC1)C(C)C. The van der Waals surface area contributed by atoms with Gasteiger partial charge in [0, 0.05) is 19.0 Å². The summed E-state index contributed by atoms with van der Waals surface area (Å²) in [7, 11) is 1.98. The minimum Gasteiger partial charge on any atom is -0.461 e. The van der Waals surface area contributed by atoms with E-state index < -0.39 is 18.1 Å². The number of carbonyl (C=O) groups excluding carboxylic acids is 3. The van der Waals surface area contributed by atoms with Gasteiger partial charge in [-0.25, -0.2) is 9.79 Å². The van der Waals surface area contributed by atoms with Crippen LogP contribution in [0.3, 0.4) is 0 Å². The zero-order valence-corrected chi connectivity index (χ0v) is 26.7. The Morgan fingerprint density at radius 2 is 1.88 bits per heavy atom. The van der Waals surface area contributed by atoms with Crippen LogP contribution in [0.2, 0.25) is 0 Å². The Morgan fingerprint density at radius 1 is 1.15 bits per heavy atom. The molecule has 1 fully saturated rings. The standard InChI is InChI=1S/C32H56N4O5/c1-8-11-12-14-20-36(27(22(4)5)21-28(37)24-17-18-25(33-24)32(40)41-10-3)31(39)29(23(6)9-2)34-30(38)26-16-13-15-19-35(26)7/h18,22-23,26-29,37H,8-17,19-21H2,1-7H3,(H,34,38)/t23-,26+,27+,28+,29-/m0/s1. The van der Waals surface area contributed by atoms with Crippen molar-refractivity contribution in [2.75, 3.05) is 26.7 Å². The van der Waals surface area contributed by atoms with E-state index >= 15 is 0 Å². The number of hydrogen-bond donors (Lipinski definition) is 2. The molecule has 2 rings (SSSR count). The minimum absolute atomic E-state index is 0.0354. The fourth-order valence-electron chi connectivity index (χ4n) is 5.78. The number of likely N-dealkylation sites (N-methyl/N-ethyl adjacent to an activating group) is 1. The number of nitrogens with one attached hydrogen (secondary N) is 1. The second-order valence-electron chi connectivity index (χ2n) is 12.1. The van der Waals surface area contributed by atoms with Crippen molar-refractivity contribution in [3.8, 4) is 0 Å². The molecule has 234 valence electrons. The summed E-state index contributed by atoms with van der Waals surface area (Å²) in [5.41, 5.74) is 0.742. The lowest BCUT2D eigenvalue weighted by Gasteiger charge is -2.40. The van der Waals surface area contributed by atoms with Crippen LogP contribution in [-0.2, 0) is 19.1 Å². The highest BCUT2D eigenvalue weighted by molar-refractivity contribution is 6.00. The van der Waals surface area contributed by atoms with Crippen molar-refractivity contribution in [3.05, 3.63) is 11.8 Å². The Bertz CT molecular complexity index is 918. The Balaban J connectivity index is 2.29. The monoisotopic (exact) mass is 576 g/mol. The zero-order valence-electron chi connectivity index (χ0n) is 26.7. The molecule has 2 heterocycles. The highest BCUT2D eigenvalue weighted by Crippen LogP contribution is 2.25. The number of aliphatic hydroxyl groups excluding tert-OH is 1. The fourth-order valence-corrected chi connectivity index (χ4v) is 5.78. The zero-order chi connectivity index (χ0) is 30.5. The Labute approximate surface area is 248 Å². The molecule has 0 aliphatic carbocycles. The molecule has 0 aromatic heterocycles. The van der Waals surface area contributed by atoms with Gasteiger partial charge in [-0.15, -0.1) is 0 Å². The van der Waals surface area contributed by atoms with Crippen LogP contribution in [0.1, 0.15) is 106 Å². The molecular formula is C32H56N4O5. The first-order valence-corrected chi connectivity index (χ1v) is 16.0. The van der Waals surface area contributed by atoms with E-state index in [0.717, 1.165) is 57.9 Å². The summed E-state index contributed by atoms with van der Waals surface area (Å²) in [4.78, 5) is 48.3. The van der Waals surface area contributed by atoms with E-state index in [4.69, 9.17) is 4.74 Å². The Kier molecular flexibility index (Phi) is 15.0. The molecule has 1 saturated heterocycles. The smallest absolute Gasteiger partial charge is 0.356 e. The van der Waals surface area contributed by atoms with Crippen molar-refractivity contribution in [3.63, 3.8) is 0 Å². The molecular weight excluding hydrogens is 520 g/mol. The van der Waals surface area contributed by atoms with Gasteiger partial charge >= 0.3 is 5.97 Å². The summed E-state index contributed by atoms with van der Waals surface area (Å²) < 4.78 is 5.06. The molecule has 9 heteroatoms. The van der Waals surface area contributed by atoms with Crippen molar-refractivity contribution in [1.82, 2.24) is 15.1 Å². The molecule has 0 aromatic carbocycles. The molecule has 0 spiro atoms. The number of amides is 2. The Hall–Kier alpha value is -2.26. The molecule has 0 saturated carbocycles. The van der Waals surface area contributed by atoms with E-state index in [1.165, 1.54) is 0 Å². The number of carbonyl (C=O) groups is 3. The second kappa shape index (κ2) is 17.6. The predicted molar refractivity (Wildman–Crippen MR) is 164 cm³/mol. The number of hydrogen-bond acceptors (Lipinski definition) is 7. The molecule has 2 aliphatic heterocycles. The quantitative estimate of drug-likeness (QED) is 0.195. The highest BCUT2D eigenvalue weighted by Gasteiger charge is 2.38. The van der Waals surface area contributed by atoms with E-state index in [-0.39, 0.29) is 48.0 Å². The third-order valence-corrected chi connectivity index (χ3v) is 8.66. The molecule has 41 heavy (non-hydrogen) atoms. The van der Waals surface area contributed by atoms with Crippen LogP contribution in [-0.4, -0.2) is 89.4 Å². The van der Waals surface area contributed by atoms with Gasteiger partial charge in [-0.3, -0.25) is 14.5 Å². The number of esters is 1. The van der Waals surface area contributed by atoms with Crippen molar-refractivity contribution in [2.24, 2.45) is 16.8 Å². The molecule has 9 nitrogen and oxygen atoms in total. The number of rotatable bonds is 17. The van der Waals surface area contributed by atoms with Crippen LogP contribution in [0.25, 0.3) is 0 Å². The maximum absolute atomic E-state index is 14.4. The summed E-state index contributed by atoms with van der Waals surface area (Å²) in [5, 5.41) is 14.4. The van der Waals surface area contributed by atoms with Gasteiger partial charge in [0.15, 0.2) is 0 Å². The lowest BCUT2D eigenvalue weighted by molar-refractivity contribution is -0.142. The van der Waals surface area contributed by atoms with E-state index in [9.17, 15) is 19.5 Å². The first kappa shape index (κ1) is 34.9. The molecule has 0 radical (unpaired) electrons. The van der Waals surface area contributed by atoms with Crippen molar-refractivity contribution < 1.29 is 24.2 Å². The lowest BCUT2D eigenvalue weighted by Crippen LogP contribution is -2.59. The van der Waals surface area contributed by atoms with Gasteiger partial charge in [0.05, 0.1) is 24.5 Å². The average molecular weight is 577 g/mol. The highest BCUT2D eigenvalue weighted by atomic mass is 16.5. The first-order chi connectivity index (χ1) is 19.5. The largest absolute Gasteiger partial charge is 0.461 e. The lowest BCUT2D eigenvalue weighted by atomic mass is 9.90. The van der Waals surface area contributed by atoms with Gasteiger partial charge in [0.2, 0.25) is 11.8 Å². The number of unbranched alkanes of at least 4 members (excludes halogenated alkanes) is 3. The van der Waals surface area contributed by atoms with Gasteiger partial charge in [0.1, 0.15) is 11.7 Å². The van der Waals surface area contributed by atoms with Crippen LogP contribution >= 0.6 is 0 Å². The normalized spacial score (nSPS) is 20.6. The summed E-state index contributed by atoms with van der Waals surface area (Å²) in [6.07, 6.45) is 9.20. The molecule has 0 bridgehead atoms. The van der Waals surface area contributed by atoms with E-state index in [1.54, 1.807) is 13.0 Å². The van der Waals surface area contributed by atoms with Crippen LogP contribution in [0.5, 0.6) is 0 Å². The fraction of sp³-hybridized carbons (Fsp3) is 0.812. The number of ether oxygens (including phenoxy) is 1. The van der Waals surface area contributed by atoms with E-state index in [1.807, 2.05) is 25.8 Å². The molecule has 0 unspecified atom stereocenters. The van der Waals surface area contributed by atoms with Crippen LogP contribution in [0.15, 0.2) is 16.8 Å². The summed E-state index contributed by atoms with van der Waals surface area (Å²) in [6.45, 7) is 13.8. The maximum Gasteiger partial charge on any atom is 0.356 e. The van der Waals surface area contributed by atoms with Crippen LogP contribution < -0.4 is 5.32 Å². The number of aliphatic imine (C=N–C) groups is 1. The summed E-state index contributed by atoms with van der Waals surface area (Å²) >= 11 is 0. The van der Waals surface area contributed by atoms with Crippen LogP contribution in [0.4, 0.5) is 0 Å². The summed E-state index contributed by atoms with van der Waals surface area (Å²) in [5.74, 6) is -0.606. The van der Waals surface area contributed by atoms with Gasteiger partial charge in [-0.2, -0.15) is 0 Å². The average Bonchev–Trinajstić information content (AvgIpc) is 3.45. The predicted octanol–water partition coefficient (Wildman–Crippen LogP) is 4.48. The van der Waals surface area contributed by atoms with Gasteiger partial charge < -0.3 is 20.1 Å². The molecule has 2 N–H and O–H groups in total. The maximum atomic E-state index is 14.4. The van der Waals surface area contributed by atoms with Gasteiger partial charge in [0.25, 0.3) is 0 Å². The van der Waals surface area contributed by atoms with Crippen molar-refractivity contribution >= 4 is 23.5 Å². The summed E-state index contributed by atoms with van der Waals surface area (Å²) in [6, 6.07) is -1.10. The molecule has 2 amide bonds. The van der Waals surface area contributed by atoms with Crippen LogP contribution in [0, 0.1) is 11.8 Å². The molecule has 2 aliphatic rings. The van der Waals surface area contributed by atoms with Gasteiger partial charge in [-0.1, -0.05) is 66.7 Å². The number of allylic oxidation sites excluding steroid dienone is 1. The van der Waals surface area contributed by atoms with E-state index in [0.29, 0.717) is 25.1 Å². The second-order valence-corrected chi connectivity index (χ2v) is 12.1. The topological polar surface area (TPSA) is 112 Å². The van der Waals surface area contributed by atoms with Crippen molar-refractivity contribution in [2.45, 2.75) is 130 Å². The number of piperidine rings is 1. The Morgan fingerprint density at radius 3 is 2.49 bits per heavy atom.